The van der Waals surface area contributed by atoms with Crippen molar-refractivity contribution < 1.29 is 14.4 Å². The Morgan fingerprint density at radius 1 is 0.973 bits per heavy atom. The van der Waals surface area contributed by atoms with Gasteiger partial charge in [0.2, 0.25) is 5.91 Å². The second-order valence-corrected chi connectivity index (χ2v) is 10.4. The highest BCUT2D eigenvalue weighted by molar-refractivity contribution is 7.22. The maximum absolute atomic E-state index is 13.5. The minimum absolute atomic E-state index is 0.0818. The van der Waals surface area contributed by atoms with E-state index in [0.717, 1.165) is 22.2 Å². The fourth-order valence-corrected chi connectivity index (χ4v) is 5.61. The van der Waals surface area contributed by atoms with Crippen molar-refractivity contribution in [2.24, 2.45) is 0 Å². The molecule has 0 spiro atoms. The van der Waals surface area contributed by atoms with Gasteiger partial charge in [0, 0.05) is 13.0 Å². The number of imide groups is 1. The first-order chi connectivity index (χ1) is 18.0. The zero-order valence-corrected chi connectivity index (χ0v) is 21.8. The molecule has 0 N–H and O–H groups in total. The monoisotopic (exact) mass is 511 g/mol. The van der Waals surface area contributed by atoms with E-state index in [1.54, 1.807) is 29.2 Å². The van der Waals surface area contributed by atoms with Gasteiger partial charge in [-0.15, -0.1) is 0 Å². The van der Waals surface area contributed by atoms with Gasteiger partial charge in [0.1, 0.15) is 0 Å². The van der Waals surface area contributed by atoms with Gasteiger partial charge in [0.15, 0.2) is 5.13 Å². The third kappa shape index (κ3) is 5.04. The summed E-state index contributed by atoms with van der Waals surface area (Å²) in [6, 6.07) is 23.0. The molecule has 0 fully saturated rings. The van der Waals surface area contributed by atoms with Crippen molar-refractivity contribution >= 4 is 44.4 Å². The molecule has 1 unspecified atom stereocenters. The second kappa shape index (κ2) is 10.6. The third-order valence-electron chi connectivity index (χ3n) is 6.95. The maximum Gasteiger partial charge on any atom is 0.261 e. The predicted molar refractivity (Wildman–Crippen MR) is 147 cm³/mol. The summed E-state index contributed by atoms with van der Waals surface area (Å²) in [6.45, 7) is 5.00. The van der Waals surface area contributed by atoms with E-state index in [9.17, 15) is 14.4 Å². The van der Waals surface area contributed by atoms with Crippen molar-refractivity contribution in [2.75, 3.05) is 11.4 Å². The summed E-state index contributed by atoms with van der Waals surface area (Å²) in [5, 5.41) is 0.658. The van der Waals surface area contributed by atoms with Crippen LogP contribution < -0.4 is 4.90 Å². The number of anilines is 1. The Morgan fingerprint density at radius 3 is 2.32 bits per heavy atom. The first-order valence-corrected chi connectivity index (χ1v) is 13.5. The average Bonchev–Trinajstić information content (AvgIpc) is 3.46. The van der Waals surface area contributed by atoms with Crippen LogP contribution in [0.1, 0.15) is 70.9 Å². The number of benzene rings is 3. The normalized spacial score (nSPS) is 13.7. The lowest BCUT2D eigenvalue weighted by Crippen LogP contribution is -2.33. The van der Waals surface area contributed by atoms with E-state index in [2.05, 4.69) is 26.0 Å². The first-order valence-electron chi connectivity index (χ1n) is 12.7. The number of nitrogens with zero attached hydrogens (tertiary/aromatic N) is 3. The highest BCUT2D eigenvalue weighted by Gasteiger charge is 2.34. The molecule has 1 aliphatic heterocycles. The highest BCUT2D eigenvalue weighted by Crippen LogP contribution is 2.33. The van der Waals surface area contributed by atoms with Gasteiger partial charge >= 0.3 is 0 Å². The topological polar surface area (TPSA) is 70.6 Å². The molecule has 0 saturated heterocycles. The quantitative estimate of drug-likeness (QED) is 0.243. The van der Waals surface area contributed by atoms with Crippen molar-refractivity contribution in [1.29, 1.82) is 0 Å². The van der Waals surface area contributed by atoms with Crippen molar-refractivity contribution in [3.8, 4) is 0 Å². The summed E-state index contributed by atoms with van der Waals surface area (Å²) < 4.78 is 1.06. The van der Waals surface area contributed by atoms with Gasteiger partial charge in [-0.2, -0.15) is 0 Å². The van der Waals surface area contributed by atoms with E-state index in [1.807, 2.05) is 36.4 Å². The summed E-state index contributed by atoms with van der Waals surface area (Å²) in [5.74, 6) is -0.212. The van der Waals surface area contributed by atoms with E-state index in [0.29, 0.717) is 35.1 Å². The molecule has 0 bridgehead atoms. The average molecular weight is 512 g/mol. The summed E-state index contributed by atoms with van der Waals surface area (Å²) in [7, 11) is 0. The molecule has 188 valence electrons. The number of hydrogen-bond acceptors (Lipinski definition) is 5. The SMILES string of the molecule is CCC(C)c1ccc2nc(N(Cc3ccccc3)C(=O)CCCN3C(=O)c4ccccc4C3=O)sc2c1. The van der Waals surface area contributed by atoms with E-state index in [4.69, 9.17) is 4.98 Å². The molecule has 4 aromatic rings. The van der Waals surface area contributed by atoms with Crippen molar-refractivity contribution in [1.82, 2.24) is 9.88 Å². The minimum atomic E-state index is -0.294. The van der Waals surface area contributed by atoms with E-state index in [1.165, 1.54) is 21.8 Å². The number of aromatic nitrogens is 1. The Morgan fingerprint density at radius 2 is 1.65 bits per heavy atom. The largest absolute Gasteiger partial charge is 0.284 e. The molecule has 3 aromatic carbocycles. The lowest BCUT2D eigenvalue weighted by molar-refractivity contribution is -0.118. The molecular formula is C30H29N3O3S. The molecule has 0 saturated carbocycles. The van der Waals surface area contributed by atoms with Crippen LogP contribution in [0.25, 0.3) is 10.2 Å². The number of thiazole rings is 1. The number of carbonyl (C=O) groups excluding carboxylic acids is 3. The number of carbonyl (C=O) groups is 3. The summed E-state index contributed by atoms with van der Waals surface area (Å²) in [4.78, 5) is 46.6. The second-order valence-electron chi connectivity index (χ2n) is 9.41. The maximum atomic E-state index is 13.5. The van der Waals surface area contributed by atoms with Crippen molar-refractivity contribution in [3.05, 3.63) is 95.1 Å². The molecule has 7 heteroatoms. The third-order valence-corrected chi connectivity index (χ3v) is 7.99. The summed E-state index contributed by atoms with van der Waals surface area (Å²) in [5.41, 5.74) is 4.01. The molecule has 1 aliphatic rings. The Kier molecular flexibility index (Phi) is 7.15. The zero-order chi connectivity index (χ0) is 25.9. The molecule has 1 atom stereocenters. The fraction of sp³-hybridized carbons (Fsp3) is 0.267. The lowest BCUT2D eigenvalue weighted by Gasteiger charge is -2.21. The molecular weight excluding hydrogens is 482 g/mol. The van der Waals surface area contributed by atoms with E-state index >= 15 is 0 Å². The molecule has 2 heterocycles. The predicted octanol–water partition coefficient (Wildman–Crippen LogP) is 6.42. The van der Waals surface area contributed by atoms with Crippen LogP contribution in [-0.2, 0) is 11.3 Å². The fourth-order valence-electron chi connectivity index (χ4n) is 4.58. The molecule has 3 amide bonds. The number of hydrogen-bond donors (Lipinski definition) is 0. The van der Waals surface area contributed by atoms with Crippen LogP contribution >= 0.6 is 11.3 Å². The van der Waals surface area contributed by atoms with E-state index < -0.39 is 0 Å². The van der Waals surface area contributed by atoms with Gasteiger partial charge in [0.25, 0.3) is 11.8 Å². The molecule has 0 aliphatic carbocycles. The molecule has 1 aromatic heterocycles. The summed E-state index contributed by atoms with van der Waals surface area (Å²) in [6.07, 6.45) is 1.65. The van der Waals surface area contributed by atoms with Gasteiger partial charge < -0.3 is 0 Å². The lowest BCUT2D eigenvalue weighted by atomic mass is 9.99. The zero-order valence-electron chi connectivity index (χ0n) is 21.0. The Labute approximate surface area is 220 Å². The van der Waals surface area contributed by atoms with Crippen LogP contribution in [-0.4, -0.2) is 34.2 Å². The smallest absolute Gasteiger partial charge is 0.261 e. The first kappa shape index (κ1) is 24.8. The molecule has 6 nitrogen and oxygen atoms in total. The van der Waals surface area contributed by atoms with Crippen molar-refractivity contribution in [2.45, 2.75) is 45.6 Å². The van der Waals surface area contributed by atoms with Gasteiger partial charge in [-0.3, -0.25) is 24.2 Å². The van der Waals surface area contributed by atoms with Crippen LogP contribution in [0.4, 0.5) is 5.13 Å². The Bertz CT molecular complexity index is 1430. The van der Waals surface area contributed by atoms with Gasteiger partial charge in [-0.1, -0.05) is 73.7 Å². The standard InChI is InChI=1S/C30H29N3O3S/c1-3-20(2)22-15-16-25-26(18-22)37-30(31-25)33(19-21-10-5-4-6-11-21)27(34)14-9-17-32-28(35)23-12-7-8-13-24(23)29(32)36/h4-8,10-13,15-16,18,20H,3,9,14,17,19H2,1-2H3. The van der Waals surface area contributed by atoms with Gasteiger partial charge in [0.05, 0.1) is 27.9 Å². The molecule has 0 radical (unpaired) electrons. The minimum Gasteiger partial charge on any atom is -0.284 e. The van der Waals surface area contributed by atoms with Crippen LogP contribution in [0.5, 0.6) is 0 Å². The van der Waals surface area contributed by atoms with Crippen LogP contribution in [0.15, 0.2) is 72.8 Å². The highest BCUT2D eigenvalue weighted by atomic mass is 32.1. The summed E-state index contributed by atoms with van der Waals surface area (Å²) >= 11 is 1.52. The van der Waals surface area contributed by atoms with Crippen LogP contribution in [0, 0.1) is 0 Å². The van der Waals surface area contributed by atoms with Crippen molar-refractivity contribution in [3.63, 3.8) is 0 Å². The van der Waals surface area contributed by atoms with Crippen LogP contribution in [0.3, 0.4) is 0 Å². The van der Waals surface area contributed by atoms with Gasteiger partial charge in [-0.05, 0) is 54.2 Å². The Hall–Kier alpha value is -3.84. The van der Waals surface area contributed by atoms with Gasteiger partial charge in [-0.25, -0.2) is 4.98 Å². The Balaban J connectivity index is 1.34. The van der Waals surface area contributed by atoms with Crippen LogP contribution in [0.2, 0.25) is 0 Å². The van der Waals surface area contributed by atoms with E-state index in [-0.39, 0.29) is 30.7 Å². The molecule has 5 rings (SSSR count). The number of rotatable bonds is 9. The number of fused-ring (bicyclic) bond motifs is 2. The number of amides is 3. The molecule has 37 heavy (non-hydrogen) atoms.